The van der Waals surface area contributed by atoms with Crippen LogP contribution in [-0.4, -0.2) is 44.5 Å². The Balaban J connectivity index is 1.91. The minimum atomic E-state index is -3.66. The summed E-state index contributed by atoms with van der Waals surface area (Å²) in [5.41, 5.74) is 0. The molecule has 1 fully saturated rings. The van der Waals surface area contributed by atoms with E-state index in [1.54, 1.807) is 25.1 Å². The predicted octanol–water partition coefficient (Wildman–Crippen LogP) is 1.25. The van der Waals surface area contributed by atoms with Crippen LogP contribution >= 0.6 is 0 Å². The average molecular weight is 343 g/mol. The van der Waals surface area contributed by atoms with Crippen LogP contribution in [0.15, 0.2) is 24.3 Å². The summed E-state index contributed by atoms with van der Waals surface area (Å²) in [5.74, 6) is -0.802. The molecule has 0 aromatic heterocycles. The van der Waals surface area contributed by atoms with Gasteiger partial charge in [0.05, 0.1) is 18.3 Å². The van der Waals surface area contributed by atoms with E-state index < -0.39 is 33.3 Å². The molecule has 1 aromatic rings. The molecule has 7 nitrogen and oxygen atoms in total. The predicted molar refractivity (Wildman–Crippen MR) is 84.2 cm³/mol. The van der Waals surface area contributed by atoms with Crippen molar-refractivity contribution in [2.24, 2.45) is 5.92 Å². The number of carbonyl (C=O) groups is 1. The lowest BCUT2D eigenvalue weighted by atomic mass is 9.85. The van der Waals surface area contributed by atoms with Crippen molar-refractivity contribution in [1.29, 1.82) is 0 Å². The van der Waals surface area contributed by atoms with Gasteiger partial charge in [-0.05, 0) is 31.9 Å². The monoisotopic (exact) mass is 343 g/mol. The van der Waals surface area contributed by atoms with E-state index in [1.807, 2.05) is 6.07 Å². The second-order valence-corrected chi connectivity index (χ2v) is 7.52. The van der Waals surface area contributed by atoms with E-state index in [0.717, 1.165) is 0 Å². The van der Waals surface area contributed by atoms with E-state index in [9.17, 15) is 13.2 Å². The van der Waals surface area contributed by atoms with Crippen LogP contribution in [0.1, 0.15) is 19.8 Å². The molecule has 2 N–H and O–H groups in total. The minimum Gasteiger partial charge on any atom is -0.493 e. The molecule has 0 heterocycles. The Morgan fingerprint density at radius 2 is 2.00 bits per heavy atom. The number of hydrogen-bond donors (Lipinski definition) is 2. The van der Waals surface area contributed by atoms with Crippen molar-refractivity contribution in [2.45, 2.75) is 31.1 Å². The summed E-state index contributed by atoms with van der Waals surface area (Å²) >= 11 is 0. The number of sulfonamides is 1. The number of benzene rings is 1. The van der Waals surface area contributed by atoms with Crippen LogP contribution in [-0.2, 0) is 14.8 Å². The zero-order chi connectivity index (χ0) is 17.0. The van der Waals surface area contributed by atoms with Gasteiger partial charge in [-0.15, -0.1) is 0 Å². The molecule has 8 heteroatoms. The topological polar surface area (TPSA) is 102 Å². The fourth-order valence-corrected chi connectivity index (χ4v) is 4.25. The highest BCUT2D eigenvalue weighted by molar-refractivity contribution is 7.90. The Morgan fingerprint density at radius 3 is 2.52 bits per heavy atom. The van der Waals surface area contributed by atoms with Gasteiger partial charge >= 0.3 is 5.97 Å². The van der Waals surface area contributed by atoms with Gasteiger partial charge in [0, 0.05) is 6.54 Å². The highest BCUT2D eigenvalue weighted by atomic mass is 32.2. The number of rotatable bonds is 8. The van der Waals surface area contributed by atoms with Gasteiger partial charge in [-0.1, -0.05) is 12.1 Å². The number of para-hydroxylation sites is 2. The van der Waals surface area contributed by atoms with Crippen LogP contribution in [0.2, 0.25) is 0 Å². The van der Waals surface area contributed by atoms with E-state index in [4.69, 9.17) is 14.6 Å². The largest absolute Gasteiger partial charge is 0.493 e. The fourth-order valence-electron chi connectivity index (χ4n) is 2.44. The van der Waals surface area contributed by atoms with Crippen LogP contribution < -0.4 is 14.2 Å². The number of methoxy groups -OCH3 is 1. The number of hydrogen-bond acceptors (Lipinski definition) is 5. The van der Waals surface area contributed by atoms with Crippen molar-refractivity contribution >= 4 is 16.0 Å². The molecule has 1 aliphatic rings. The normalized spacial score (nSPS) is 22.0. The van der Waals surface area contributed by atoms with Gasteiger partial charge in [0.1, 0.15) is 6.10 Å². The Hall–Kier alpha value is -1.80. The maximum Gasteiger partial charge on any atom is 0.307 e. The van der Waals surface area contributed by atoms with E-state index >= 15 is 0 Å². The zero-order valence-corrected chi connectivity index (χ0v) is 13.9. The summed E-state index contributed by atoms with van der Waals surface area (Å²) in [6.45, 7) is 1.79. The van der Waals surface area contributed by atoms with Crippen LogP contribution in [0.3, 0.4) is 0 Å². The van der Waals surface area contributed by atoms with Gasteiger partial charge < -0.3 is 14.6 Å². The first-order valence-corrected chi connectivity index (χ1v) is 8.90. The Bertz CT molecular complexity index is 660. The standard InChI is InChI=1S/C15H21NO6S/c1-10(22-13-6-4-3-5-12(13)21-2)9-16-23(19,20)14-8-7-11(14)15(17)18/h3-6,10-11,14,16H,7-9H2,1-2H3,(H,17,18). The molecule has 0 amide bonds. The third kappa shape index (κ3) is 4.14. The smallest absolute Gasteiger partial charge is 0.307 e. The molecule has 3 unspecified atom stereocenters. The molecule has 1 aliphatic carbocycles. The van der Waals surface area contributed by atoms with E-state index in [2.05, 4.69) is 4.72 Å². The maximum atomic E-state index is 12.2. The second-order valence-electron chi connectivity index (χ2n) is 5.53. The second kappa shape index (κ2) is 7.18. The summed E-state index contributed by atoms with van der Waals surface area (Å²) in [4.78, 5) is 11.0. The lowest BCUT2D eigenvalue weighted by Gasteiger charge is -2.33. The lowest BCUT2D eigenvalue weighted by Crippen LogP contribution is -2.49. The highest BCUT2D eigenvalue weighted by Crippen LogP contribution is 2.33. The molecule has 128 valence electrons. The minimum absolute atomic E-state index is 0.0588. The summed E-state index contributed by atoms with van der Waals surface area (Å²) < 4.78 is 37.6. The van der Waals surface area contributed by atoms with Crippen molar-refractivity contribution in [2.75, 3.05) is 13.7 Å². The number of carboxylic acids is 1. The van der Waals surface area contributed by atoms with Gasteiger partial charge in [-0.2, -0.15) is 0 Å². The van der Waals surface area contributed by atoms with E-state index in [0.29, 0.717) is 24.3 Å². The SMILES string of the molecule is COc1ccccc1OC(C)CNS(=O)(=O)C1CCC1C(=O)O. The van der Waals surface area contributed by atoms with Gasteiger partial charge in [0.15, 0.2) is 11.5 Å². The molecule has 0 aliphatic heterocycles. The van der Waals surface area contributed by atoms with E-state index in [-0.39, 0.29) is 6.54 Å². The van der Waals surface area contributed by atoms with Crippen molar-refractivity contribution in [3.05, 3.63) is 24.3 Å². The summed E-state index contributed by atoms with van der Waals surface area (Å²) in [7, 11) is -2.14. The molecule has 1 saturated carbocycles. The highest BCUT2D eigenvalue weighted by Gasteiger charge is 2.45. The molecule has 3 atom stereocenters. The molecule has 0 saturated heterocycles. The molecule has 1 aromatic carbocycles. The molecule has 23 heavy (non-hydrogen) atoms. The molecular formula is C15H21NO6S. The summed E-state index contributed by atoms with van der Waals surface area (Å²) in [6, 6.07) is 7.08. The zero-order valence-electron chi connectivity index (χ0n) is 13.1. The van der Waals surface area contributed by atoms with Gasteiger partial charge in [-0.25, -0.2) is 13.1 Å². The fraction of sp³-hybridized carbons (Fsp3) is 0.533. The van der Waals surface area contributed by atoms with Crippen molar-refractivity contribution in [3.63, 3.8) is 0 Å². The first kappa shape index (κ1) is 17.6. The third-order valence-corrected chi connectivity index (χ3v) is 5.83. The first-order chi connectivity index (χ1) is 10.8. The van der Waals surface area contributed by atoms with Crippen molar-refractivity contribution in [3.8, 4) is 11.5 Å². The van der Waals surface area contributed by atoms with Crippen LogP contribution in [0.5, 0.6) is 11.5 Å². The van der Waals surface area contributed by atoms with E-state index in [1.165, 1.54) is 7.11 Å². The number of ether oxygens (including phenoxy) is 2. The number of aliphatic carboxylic acids is 1. The Morgan fingerprint density at radius 1 is 1.35 bits per heavy atom. The van der Waals surface area contributed by atoms with Gasteiger partial charge in [-0.3, -0.25) is 4.79 Å². The number of nitrogens with one attached hydrogen (secondary N) is 1. The molecule has 0 spiro atoms. The third-order valence-electron chi connectivity index (χ3n) is 3.90. The average Bonchev–Trinajstić information content (AvgIpc) is 2.43. The molecule has 2 rings (SSSR count). The first-order valence-electron chi connectivity index (χ1n) is 7.36. The van der Waals surface area contributed by atoms with Crippen LogP contribution in [0.4, 0.5) is 0 Å². The Labute approximate surface area is 135 Å². The Kier molecular flexibility index (Phi) is 5.48. The van der Waals surface area contributed by atoms with Gasteiger partial charge in [0.2, 0.25) is 10.0 Å². The van der Waals surface area contributed by atoms with Crippen LogP contribution in [0, 0.1) is 5.92 Å². The quantitative estimate of drug-likeness (QED) is 0.736. The molecule has 0 bridgehead atoms. The lowest BCUT2D eigenvalue weighted by molar-refractivity contribution is -0.144. The summed E-state index contributed by atoms with van der Waals surface area (Å²) in [5, 5.41) is 8.10. The van der Waals surface area contributed by atoms with Crippen LogP contribution in [0.25, 0.3) is 0 Å². The maximum absolute atomic E-state index is 12.2. The summed E-state index contributed by atoms with van der Waals surface area (Å²) in [6.07, 6.45) is 0.340. The number of carboxylic acid groups (broad SMARTS) is 1. The molecular weight excluding hydrogens is 322 g/mol. The van der Waals surface area contributed by atoms with Crippen molar-refractivity contribution in [1.82, 2.24) is 4.72 Å². The molecule has 0 radical (unpaired) electrons. The van der Waals surface area contributed by atoms with Crippen molar-refractivity contribution < 1.29 is 27.8 Å². The van der Waals surface area contributed by atoms with Gasteiger partial charge in [0.25, 0.3) is 0 Å².